The second-order valence-corrected chi connectivity index (χ2v) is 4.50. The first-order chi connectivity index (χ1) is 9.24. The van der Waals surface area contributed by atoms with Crippen LogP contribution in [0.4, 0.5) is 0 Å². The smallest absolute Gasteiger partial charge is 0.254 e. The summed E-state index contributed by atoms with van der Waals surface area (Å²) in [6.07, 6.45) is 5.24. The number of nitrogens with one attached hydrogen (secondary N) is 1. The molecule has 1 aromatic carbocycles. The number of aromatic nitrogens is 2. The monoisotopic (exact) mass is 257 g/mol. The molecule has 0 atom stereocenters. The van der Waals surface area contributed by atoms with Gasteiger partial charge in [-0.05, 0) is 25.0 Å². The SMILES string of the molecule is CCC(CC)NC(=O)c1cnn(-c2ccccc2)c1. The summed E-state index contributed by atoms with van der Waals surface area (Å²) in [4.78, 5) is 12.1. The number of benzene rings is 1. The lowest BCUT2D eigenvalue weighted by atomic mass is 10.1. The molecule has 0 aliphatic carbocycles. The van der Waals surface area contributed by atoms with E-state index in [-0.39, 0.29) is 11.9 Å². The van der Waals surface area contributed by atoms with Gasteiger partial charge in [-0.15, -0.1) is 0 Å². The van der Waals surface area contributed by atoms with Crippen molar-refractivity contribution in [3.05, 3.63) is 48.3 Å². The second kappa shape index (κ2) is 6.18. The van der Waals surface area contributed by atoms with Crippen LogP contribution in [-0.2, 0) is 0 Å². The number of hydrogen-bond donors (Lipinski definition) is 1. The topological polar surface area (TPSA) is 46.9 Å². The molecule has 4 heteroatoms. The maximum Gasteiger partial charge on any atom is 0.254 e. The Morgan fingerprint density at radius 2 is 1.95 bits per heavy atom. The van der Waals surface area contributed by atoms with E-state index in [0.717, 1.165) is 18.5 Å². The van der Waals surface area contributed by atoms with Gasteiger partial charge in [0.15, 0.2) is 0 Å². The van der Waals surface area contributed by atoms with Gasteiger partial charge in [-0.2, -0.15) is 5.10 Å². The third-order valence-corrected chi connectivity index (χ3v) is 3.19. The van der Waals surface area contributed by atoms with E-state index in [0.29, 0.717) is 5.56 Å². The number of hydrogen-bond acceptors (Lipinski definition) is 2. The first-order valence-electron chi connectivity index (χ1n) is 6.65. The van der Waals surface area contributed by atoms with Crippen LogP contribution in [0.3, 0.4) is 0 Å². The largest absolute Gasteiger partial charge is 0.349 e. The van der Waals surface area contributed by atoms with Crippen LogP contribution in [0.25, 0.3) is 5.69 Å². The van der Waals surface area contributed by atoms with Gasteiger partial charge < -0.3 is 5.32 Å². The first kappa shape index (κ1) is 13.3. The number of carbonyl (C=O) groups is 1. The second-order valence-electron chi connectivity index (χ2n) is 4.50. The van der Waals surface area contributed by atoms with Gasteiger partial charge in [-0.25, -0.2) is 4.68 Å². The highest BCUT2D eigenvalue weighted by Gasteiger charge is 2.12. The minimum absolute atomic E-state index is 0.0594. The Morgan fingerprint density at radius 1 is 1.26 bits per heavy atom. The van der Waals surface area contributed by atoms with E-state index in [1.54, 1.807) is 17.1 Å². The van der Waals surface area contributed by atoms with Gasteiger partial charge in [0.05, 0.1) is 17.4 Å². The van der Waals surface area contributed by atoms with Crippen LogP contribution in [-0.4, -0.2) is 21.7 Å². The molecule has 2 aromatic rings. The highest BCUT2D eigenvalue weighted by Crippen LogP contribution is 2.08. The van der Waals surface area contributed by atoms with E-state index >= 15 is 0 Å². The molecule has 0 unspecified atom stereocenters. The Morgan fingerprint density at radius 3 is 2.58 bits per heavy atom. The van der Waals surface area contributed by atoms with Crippen LogP contribution >= 0.6 is 0 Å². The number of para-hydroxylation sites is 1. The molecule has 4 nitrogen and oxygen atoms in total. The lowest BCUT2D eigenvalue weighted by Crippen LogP contribution is -2.33. The molecule has 0 aliphatic rings. The van der Waals surface area contributed by atoms with Crippen molar-refractivity contribution in [3.63, 3.8) is 0 Å². The molecule has 100 valence electrons. The Kier molecular flexibility index (Phi) is 4.34. The van der Waals surface area contributed by atoms with Crippen LogP contribution in [0.2, 0.25) is 0 Å². The van der Waals surface area contributed by atoms with Crippen molar-refractivity contribution in [2.24, 2.45) is 0 Å². The zero-order valence-corrected chi connectivity index (χ0v) is 11.3. The first-order valence-corrected chi connectivity index (χ1v) is 6.65. The van der Waals surface area contributed by atoms with Gasteiger partial charge in [0.1, 0.15) is 0 Å². The fourth-order valence-electron chi connectivity index (χ4n) is 1.92. The average Bonchev–Trinajstić information content (AvgIpc) is 2.95. The molecule has 1 N–H and O–H groups in total. The highest BCUT2D eigenvalue weighted by atomic mass is 16.1. The van der Waals surface area contributed by atoms with Gasteiger partial charge in [-0.3, -0.25) is 4.79 Å². The van der Waals surface area contributed by atoms with Gasteiger partial charge in [0.25, 0.3) is 5.91 Å². The average molecular weight is 257 g/mol. The number of amides is 1. The van der Waals surface area contributed by atoms with Gasteiger partial charge in [0.2, 0.25) is 0 Å². The Labute approximate surface area is 113 Å². The molecule has 2 rings (SSSR count). The number of rotatable bonds is 5. The van der Waals surface area contributed by atoms with Gasteiger partial charge in [0, 0.05) is 12.2 Å². The fraction of sp³-hybridized carbons (Fsp3) is 0.333. The van der Waals surface area contributed by atoms with Crippen LogP contribution in [0.15, 0.2) is 42.7 Å². The Hall–Kier alpha value is -2.10. The summed E-state index contributed by atoms with van der Waals surface area (Å²) in [5.41, 5.74) is 1.54. The molecule has 1 aromatic heterocycles. The van der Waals surface area contributed by atoms with E-state index in [1.807, 2.05) is 30.3 Å². The van der Waals surface area contributed by atoms with Crippen LogP contribution < -0.4 is 5.32 Å². The van der Waals surface area contributed by atoms with E-state index < -0.39 is 0 Å². The van der Waals surface area contributed by atoms with Crippen LogP contribution in [0, 0.1) is 0 Å². The summed E-state index contributed by atoms with van der Waals surface area (Å²) < 4.78 is 1.71. The molecular weight excluding hydrogens is 238 g/mol. The molecule has 0 bridgehead atoms. The van der Waals surface area contributed by atoms with E-state index in [4.69, 9.17) is 0 Å². The summed E-state index contributed by atoms with van der Waals surface area (Å²) in [7, 11) is 0. The standard InChI is InChI=1S/C15H19N3O/c1-3-13(4-2)17-15(19)12-10-16-18(11-12)14-8-6-5-7-9-14/h5-11,13H,3-4H2,1-2H3,(H,17,19). The molecule has 0 saturated carbocycles. The van der Waals surface area contributed by atoms with Crippen molar-refractivity contribution < 1.29 is 4.79 Å². The van der Waals surface area contributed by atoms with E-state index in [2.05, 4.69) is 24.3 Å². The predicted octanol–water partition coefficient (Wildman–Crippen LogP) is 2.79. The quantitative estimate of drug-likeness (QED) is 0.895. The molecular formula is C15H19N3O. The molecule has 0 saturated heterocycles. The number of carbonyl (C=O) groups excluding carboxylic acids is 1. The molecule has 1 amide bonds. The molecule has 0 radical (unpaired) electrons. The van der Waals surface area contributed by atoms with Crippen molar-refractivity contribution in [3.8, 4) is 5.69 Å². The van der Waals surface area contributed by atoms with Crippen molar-refractivity contribution in [2.75, 3.05) is 0 Å². The normalized spacial score (nSPS) is 10.7. The molecule has 0 fully saturated rings. The molecule has 19 heavy (non-hydrogen) atoms. The van der Waals surface area contributed by atoms with E-state index in [9.17, 15) is 4.79 Å². The fourth-order valence-corrected chi connectivity index (χ4v) is 1.92. The van der Waals surface area contributed by atoms with Crippen molar-refractivity contribution >= 4 is 5.91 Å². The summed E-state index contributed by atoms with van der Waals surface area (Å²) in [6, 6.07) is 9.98. The maximum absolute atomic E-state index is 12.1. The molecule has 0 spiro atoms. The highest BCUT2D eigenvalue weighted by molar-refractivity contribution is 5.93. The van der Waals surface area contributed by atoms with Gasteiger partial charge >= 0.3 is 0 Å². The Bertz CT molecular complexity index is 529. The van der Waals surface area contributed by atoms with Crippen LogP contribution in [0.5, 0.6) is 0 Å². The number of nitrogens with zero attached hydrogens (tertiary/aromatic N) is 2. The lowest BCUT2D eigenvalue weighted by Gasteiger charge is -2.13. The van der Waals surface area contributed by atoms with Gasteiger partial charge in [-0.1, -0.05) is 32.0 Å². The van der Waals surface area contributed by atoms with E-state index in [1.165, 1.54) is 0 Å². The Balaban J connectivity index is 2.11. The zero-order chi connectivity index (χ0) is 13.7. The predicted molar refractivity (Wildman–Crippen MR) is 75.4 cm³/mol. The zero-order valence-electron chi connectivity index (χ0n) is 11.3. The van der Waals surface area contributed by atoms with Crippen molar-refractivity contribution in [1.82, 2.24) is 15.1 Å². The summed E-state index contributed by atoms with van der Waals surface area (Å²) in [6.45, 7) is 4.14. The maximum atomic E-state index is 12.1. The summed E-state index contributed by atoms with van der Waals surface area (Å²) in [5.74, 6) is -0.0594. The van der Waals surface area contributed by atoms with Crippen LogP contribution in [0.1, 0.15) is 37.0 Å². The summed E-state index contributed by atoms with van der Waals surface area (Å²) >= 11 is 0. The third kappa shape index (κ3) is 3.22. The van der Waals surface area contributed by atoms with Crippen molar-refractivity contribution in [1.29, 1.82) is 0 Å². The molecule has 0 aliphatic heterocycles. The summed E-state index contributed by atoms with van der Waals surface area (Å²) in [5, 5.41) is 7.23. The van der Waals surface area contributed by atoms with Crippen molar-refractivity contribution in [2.45, 2.75) is 32.7 Å². The molecule has 1 heterocycles. The minimum atomic E-state index is -0.0594. The third-order valence-electron chi connectivity index (χ3n) is 3.19. The lowest BCUT2D eigenvalue weighted by molar-refractivity contribution is 0.0935. The minimum Gasteiger partial charge on any atom is -0.349 e.